The van der Waals surface area contributed by atoms with E-state index in [4.69, 9.17) is 4.84 Å². The zero-order chi connectivity index (χ0) is 7.94. The van der Waals surface area contributed by atoms with E-state index >= 15 is 0 Å². The fourth-order valence-electron chi connectivity index (χ4n) is 1.18. The predicted octanol–water partition coefficient (Wildman–Crippen LogP) is 0.446. The Balaban J connectivity index is 2.00. The minimum absolute atomic E-state index is 0.476. The molecule has 0 amide bonds. The molecule has 1 heterocycles. The van der Waals surface area contributed by atoms with Crippen LogP contribution in [0.25, 0.3) is 0 Å². The zero-order valence-corrected chi connectivity index (χ0v) is 6.81. The van der Waals surface area contributed by atoms with Gasteiger partial charge < -0.3 is 5.32 Å². The molecule has 3 nitrogen and oxygen atoms in total. The summed E-state index contributed by atoms with van der Waals surface area (Å²) < 4.78 is 0. The van der Waals surface area contributed by atoms with Gasteiger partial charge in [0.15, 0.2) is 0 Å². The van der Waals surface area contributed by atoms with Crippen molar-refractivity contribution >= 4 is 0 Å². The van der Waals surface area contributed by atoms with E-state index in [1.807, 2.05) is 0 Å². The Kier molecular flexibility index (Phi) is 4.19. The second kappa shape index (κ2) is 5.29. The average molecular weight is 156 g/mol. The normalized spacial score (nSPS) is 24.9. The molecule has 1 unspecified atom stereocenters. The standard InChI is InChI=1S/C8H16N2O/c1-2-6-11-10-8-4-3-5-9-7-8/h2,8-10H,1,3-7H2. The zero-order valence-electron chi connectivity index (χ0n) is 6.81. The van der Waals surface area contributed by atoms with Crippen molar-refractivity contribution in [1.29, 1.82) is 0 Å². The quantitative estimate of drug-likeness (QED) is 0.352. The second-order valence-corrected chi connectivity index (χ2v) is 2.76. The van der Waals surface area contributed by atoms with Crippen LogP contribution >= 0.6 is 0 Å². The molecule has 0 aromatic rings. The third kappa shape index (κ3) is 3.51. The molecule has 0 radical (unpaired) electrons. The largest absolute Gasteiger partial charge is 0.315 e. The van der Waals surface area contributed by atoms with E-state index in [0.29, 0.717) is 12.6 Å². The van der Waals surface area contributed by atoms with Crippen molar-refractivity contribution < 1.29 is 4.84 Å². The van der Waals surface area contributed by atoms with Crippen LogP contribution in [0.4, 0.5) is 0 Å². The molecule has 1 fully saturated rings. The topological polar surface area (TPSA) is 33.3 Å². The molecule has 1 rings (SSSR count). The summed E-state index contributed by atoms with van der Waals surface area (Å²) in [7, 11) is 0. The lowest BCUT2D eigenvalue weighted by molar-refractivity contribution is 0.0286. The molecule has 1 atom stereocenters. The first kappa shape index (κ1) is 8.71. The number of hydrogen-bond acceptors (Lipinski definition) is 3. The molecule has 1 saturated heterocycles. The van der Waals surface area contributed by atoms with Gasteiger partial charge in [0.2, 0.25) is 0 Å². The molecule has 1 aliphatic rings. The van der Waals surface area contributed by atoms with E-state index in [2.05, 4.69) is 17.4 Å². The van der Waals surface area contributed by atoms with Gasteiger partial charge in [-0.15, -0.1) is 6.58 Å². The molecule has 64 valence electrons. The van der Waals surface area contributed by atoms with Crippen molar-refractivity contribution in [1.82, 2.24) is 10.8 Å². The minimum Gasteiger partial charge on any atom is -0.315 e. The van der Waals surface area contributed by atoms with Gasteiger partial charge in [-0.1, -0.05) is 6.08 Å². The highest BCUT2D eigenvalue weighted by Gasteiger charge is 2.11. The first-order chi connectivity index (χ1) is 5.43. The van der Waals surface area contributed by atoms with Crippen molar-refractivity contribution in [2.24, 2.45) is 0 Å². The average Bonchev–Trinajstić information content (AvgIpc) is 2.07. The Morgan fingerprint density at radius 3 is 3.27 bits per heavy atom. The van der Waals surface area contributed by atoms with Crippen LogP contribution in [0.1, 0.15) is 12.8 Å². The lowest BCUT2D eigenvalue weighted by Gasteiger charge is -2.22. The molecule has 3 heteroatoms. The Morgan fingerprint density at radius 2 is 2.64 bits per heavy atom. The van der Waals surface area contributed by atoms with Crippen LogP contribution in [-0.2, 0) is 4.84 Å². The molecule has 11 heavy (non-hydrogen) atoms. The van der Waals surface area contributed by atoms with Gasteiger partial charge in [0.05, 0.1) is 6.61 Å². The van der Waals surface area contributed by atoms with E-state index in [-0.39, 0.29) is 0 Å². The molecular formula is C8H16N2O. The number of hydroxylamine groups is 1. The van der Waals surface area contributed by atoms with Gasteiger partial charge in [-0.05, 0) is 19.4 Å². The van der Waals surface area contributed by atoms with Crippen LogP contribution in [0.3, 0.4) is 0 Å². The molecule has 1 aliphatic heterocycles. The molecular weight excluding hydrogens is 140 g/mol. The van der Waals surface area contributed by atoms with Crippen LogP contribution in [0.5, 0.6) is 0 Å². The number of rotatable bonds is 4. The maximum absolute atomic E-state index is 5.11. The van der Waals surface area contributed by atoms with Gasteiger partial charge in [0.1, 0.15) is 0 Å². The third-order valence-corrected chi connectivity index (χ3v) is 1.75. The van der Waals surface area contributed by atoms with E-state index in [1.54, 1.807) is 6.08 Å². The van der Waals surface area contributed by atoms with E-state index < -0.39 is 0 Å². The van der Waals surface area contributed by atoms with Gasteiger partial charge in [-0.25, -0.2) is 0 Å². The monoisotopic (exact) mass is 156 g/mol. The van der Waals surface area contributed by atoms with E-state index in [9.17, 15) is 0 Å². The van der Waals surface area contributed by atoms with Crippen molar-refractivity contribution in [3.8, 4) is 0 Å². The van der Waals surface area contributed by atoms with Crippen molar-refractivity contribution in [2.75, 3.05) is 19.7 Å². The summed E-state index contributed by atoms with van der Waals surface area (Å²) in [4.78, 5) is 5.11. The Hall–Kier alpha value is -0.380. The lowest BCUT2D eigenvalue weighted by Crippen LogP contribution is -2.42. The van der Waals surface area contributed by atoms with Gasteiger partial charge in [-0.3, -0.25) is 4.84 Å². The first-order valence-electron chi connectivity index (χ1n) is 4.12. The van der Waals surface area contributed by atoms with Gasteiger partial charge >= 0.3 is 0 Å². The summed E-state index contributed by atoms with van der Waals surface area (Å²) in [6.07, 6.45) is 4.17. The van der Waals surface area contributed by atoms with Crippen molar-refractivity contribution in [3.05, 3.63) is 12.7 Å². The Morgan fingerprint density at radius 1 is 1.73 bits per heavy atom. The predicted molar refractivity (Wildman–Crippen MR) is 45.2 cm³/mol. The summed E-state index contributed by atoms with van der Waals surface area (Å²) in [6.45, 7) is 6.29. The highest BCUT2D eigenvalue weighted by Crippen LogP contribution is 2.00. The number of nitrogens with one attached hydrogen (secondary N) is 2. The molecule has 2 N–H and O–H groups in total. The SMILES string of the molecule is C=CCONC1CCCNC1. The van der Waals surface area contributed by atoms with Crippen molar-refractivity contribution in [3.63, 3.8) is 0 Å². The summed E-state index contributed by atoms with van der Waals surface area (Å²) in [5, 5.41) is 3.29. The maximum Gasteiger partial charge on any atom is 0.0861 e. The molecule has 0 aromatic heterocycles. The van der Waals surface area contributed by atoms with Crippen LogP contribution in [-0.4, -0.2) is 25.7 Å². The van der Waals surface area contributed by atoms with Crippen LogP contribution in [0.2, 0.25) is 0 Å². The summed E-state index contributed by atoms with van der Waals surface area (Å²) in [5.41, 5.74) is 2.99. The van der Waals surface area contributed by atoms with Gasteiger partial charge in [0, 0.05) is 12.6 Å². The maximum atomic E-state index is 5.11. The Bertz CT molecular complexity index is 111. The summed E-state index contributed by atoms with van der Waals surface area (Å²) in [6, 6.07) is 0.476. The Labute approximate surface area is 67.8 Å². The lowest BCUT2D eigenvalue weighted by atomic mass is 10.1. The van der Waals surface area contributed by atoms with Crippen molar-refractivity contribution in [2.45, 2.75) is 18.9 Å². The molecule has 0 saturated carbocycles. The van der Waals surface area contributed by atoms with E-state index in [1.165, 1.54) is 12.8 Å². The highest BCUT2D eigenvalue weighted by molar-refractivity contribution is 4.72. The first-order valence-corrected chi connectivity index (χ1v) is 4.12. The van der Waals surface area contributed by atoms with E-state index in [0.717, 1.165) is 13.1 Å². The smallest absolute Gasteiger partial charge is 0.0861 e. The van der Waals surface area contributed by atoms with Crippen LogP contribution in [0.15, 0.2) is 12.7 Å². The molecule has 0 aliphatic carbocycles. The van der Waals surface area contributed by atoms with Crippen LogP contribution < -0.4 is 10.8 Å². The van der Waals surface area contributed by atoms with Crippen LogP contribution in [0, 0.1) is 0 Å². The van der Waals surface area contributed by atoms with Gasteiger partial charge in [-0.2, -0.15) is 5.48 Å². The van der Waals surface area contributed by atoms with Gasteiger partial charge in [0.25, 0.3) is 0 Å². The second-order valence-electron chi connectivity index (χ2n) is 2.76. The summed E-state index contributed by atoms with van der Waals surface area (Å²) in [5.74, 6) is 0. The minimum atomic E-state index is 0.476. The number of piperidine rings is 1. The molecule has 0 spiro atoms. The molecule has 0 bridgehead atoms. The molecule has 0 aromatic carbocycles. The summed E-state index contributed by atoms with van der Waals surface area (Å²) >= 11 is 0. The number of hydrogen-bond donors (Lipinski definition) is 2. The fraction of sp³-hybridized carbons (Fsp3) is 0.750. The third-order valence-electron chi connectivity index (χ3n) is 1.75. The highest BCUT2D eigenvalue weighted by atomic mass is 16.6. The fourth-order valence-corrected chi connectivity index (χ4v) is 1.18.